The van der Waals surface area contributed by atoms with Crippen LogP contribution in [0.1, 0.15) is 21.6 Å². The summed E-state index contributed by atoms with van der Waals surface area (Å²) in [5.41, 5.74) is 3.51. The SMILES string of the molecule is Cc1ccc(CN2CCN(C(=O)c3cc(-c4ccc(F)cc4)on3)CC2)cc1. The van der Waals surface area contributed by atoms with E-state index in [9.17, 15) is 9.18 Å². The molecule has 0 radical (unpaired) electrons. The van der Waals surface area contributed by atoms with Crippen molar-refractivity contribution in [1.29, 1.82) is 0 Å². The molecule has 6 heteroatoms. The van der Waals surface area contributed by atoms with Crippen molar-refractivity contribution in [2.24, 2.45) is 0 Å². The van der Waals surface area contributed by atoms with E-state index in [0.717, 1.165) is 19.6 Å². The van der Waals surface area contributed by atoms with Crippen molar-refractivity contribution in [3.8, 4) is 11.3 Å². The highest BCUT2D eigenvalue weighted by atomic mass is 19.1. The van der Waals surface area contributed by atoms with Gasteiger partial charge in [0.25, 0.3) is 5.91 Å². The molecule has 1 fully saturated rings. The van der Waals surface area contributed by atoms with Crippen LogP contribution in [-0.4, -0.2) is 47.0 Å². The standard InChI is InChI=1S/C22H22FN3O2/c1-16-2-4-17(5-3-16)15-25-10-12-26(13-11-25)22(27)20-14-21(28-24-20)18-6-8-19(23)9-7-18/h2-9,14H,10-13,15H2,1H3. The summed E-state index contributed by atoms with van der Waals surface area (Å²) in [5.74, 6) is 0.0107. The van der Waals surface area contributed by atoms with Crippen LogP contribution in [-0.2, 0) is 6.54 Å². The third-order valence-electron chi connectivity index (χ3n) is 5.04. The first kappa shape index (κ1) is 18.4. The summed E-state index contributed by atoms with van der Waals surface area (Å²) in [6.07, 6.45) is 0. The fourth-order valence-electron chi connectivity index (χ4n) is 3.35. The number of aryl methyl sites for hydroxylation is 1. The highest BCUT2D eigenvalue weighted by molar-refractivity contribution is 5.93. The molecule has 0 N–H and O–H groups in total. The second kappa shape index (κ2) is 7.94. The molecule has 1 saturated heterocycles. The van der Waals surface area contributed by atoms with Crippen LogP contribution in [0.2, 0.25) is 0 Å². The molecule has 3 aromatic rings. The Labute approximate surface area is 163 Å². The number of hydrogen-bond donors (Lipinski definition) is 0. The van der Waals surface area contributed by atoms with Gasteiger partial charge in [-0.3, -0.25) is 9.69 Å². The Bertz CT molecular complexity index is 943. The Kier molecular flexibility index (Phi) is 5.21. The van der Waals surface area contributed by atoms with Crippen LogP contribution < -0.4 is 0 Å². The molecule has 0 aliphatic carbocycles. The van der Waals surface area contributed by atoms with E-state index in [-0.39, 0.29) is 17.4 Å². The number of carbonyl (C=O) groups excluding carboxylic acids is 1. The van der Waals surface area contributed by atoms with Crippen LogP contribution in [0.15, 0.2) is 59.1 Å². The van der Waals surface area contributed by atoms with Gasteiger partial charge in [-0.15, -0.1) is 0 Å². The maximum Gasteiger partial charge on any atom is 0.276 e. The highest BCUT2D eigenvalue weighted by Gasteiger charge is 2.24. The van der Waals surface area contributed by atoms with E-state index in [1.165, 1.54) is 23.3 Å². The molecule has 2 heterocycles. The molecule has 28 heavy (non-hydrogen) atoms. The van der Waals surface area contributed by atoms with E-state index in [2.05, 4.69) is 41.2 Å². The molecular formula is C22H22FN3O2. The zero-order valence-electron chi connectivity index (χ0n) is 15.8. The van der Waals surface area contributed by atoms with E-state index in [1.807, 2.05) is 0 Å². The van der Waals surface area contributed by atoms with E-state index >= 15 is 0 Å². The number of hydrogen-bond acceptors (Lipinski definition) is 4. The van der Waals surface area contributed by atoms with Crippen molar-refractivity contribution in [2.75, 3.05) is 26.2 Å². The maximum atomic E-state index is 13.1. The smallest absolute Gasteiger partial charge is 0.276 e. The molecule has 1 aliphatic rings. The largest absolute Gasteiger partial charge is 0.355 e. The van der Waals surface area contributed by atoms with Gasteiger partial charge in [0.15, 0.2) is 11.5 Å². The van der Waals surface area contributed by atoms with Gasteiger partial charge < -0.3 is 9.42 Å². The van der Waals surface area contributed by atoms with Gasteiger partial charge in [0, 0.05) is 44.4 Å². The second-order valence-electron chi connectivity index (χ2n) is 7.14. The number of halogens is 1. The van der Waals surface area contributed by atoms with Crippen LogP contribution in [0, 0.1) is 12.7 Å². The number of amides is 1. The number of carbonyl (C=O) groups is 1. The summed E-state index contributed by atoms with van der Waals surface area (Å²) in [6.45, 7) is 5.93. The summed E-state index contributed by atoms with van der Waals surface area (Å²) >= 11 is 0. The van der Waals surface area contributed by atoms with Gasteiger partial charge in [0.05, 0.1) is 0 Å². The molecule has 4 rings (SSSR count). The fourth-order valence-corrected chi connectivity index (χ4v) is 3.35. The lowest BCUT2D eigenvalue weighted by molar-refractivity contribution is 0.0618. The number of aromatic nitrogens is 1. The Balaban J connectivity index is 1.35. The molecule has 0 atom stereocenters. The molecule has 0 bridgehead atoms. The lowest BCUT2D eigenvalue weighted by atomic mass is 10.1. The first-order valence-electron chi connectivity index (χ1n) is 9.38. The predicted molar refractivity (Wildman–Crippen MR) is 104 cm³/mol. The number of rotatable bonds is 4. The van der Waals surface area contributed by atoms with E-state index in [4.69, 9.17) is 4.52 Å². The van der Waals surface area contributed by atoms with Crippen molar-refractivity contribution in [3.05, 3.63) is 77.2 Å². The highest BCUT2D eigenvalue weighted by Crippen LogP contribution is 2.21. The van der Waals surface area contributed by atoms with Crippen LogP contribution in [0.3, 0.4) is 0 Å². The third-order valence-corrected chi connectivity index (χ3v) is 5.04. The zero-order chi connectivity index (χ0) is 19.5. The third kappa shape index (κ3) is 4.12. The molecule has 1 amide bonds. The van der Waals surface area contributed by atoms with Crippen molar-refractivity contribution in [1.82, 2.24) is 15.0 Å². The predicted octanol–water partition coefficient (Wildman–Crippen LogP) is 3.75. The van der Waals surface area contributed by atoms with Crippen LogP contribution >= 0.6 is 0 Å². The minimum absolute atomic E-state index is 0.132. The Morgan fingerprint density at radius 2 is 1.71 bits per heavy atom. The van der Waals surface area contributed by atoms with Crippen molar-refractivity contribution >= 4 is 5.91 Å². The van der Waals surface area contributed by atoms with Crippen LogP contribution in [0.25, 0.3) is 11.3 Å². The number of piperazine rings is 1. The van der Waals surface area contributed by atoms with E-state index in [1.54, 1.807) is 23.1 Å². The molecule has 0 unspecified atom stereocenters. The van der Waals surface area contributed by atoms with Gasteiger partial charge in [0.1, 0.15) is 5.82 Å². The van der Waals surface area contributed by atoms with Gasteiger partial charge in [-0.2, -0.15) is 0 Å². The molecule has 0 saturated carbocycles. The molecule has 1 aliphatic heterocycles. The minimum Gasteiger partial charge on any atom is -0.355 e. The first-order valence-corrected chi connectivity index (χ1v) is 9.38. The summed E-state index contributed by atoms with van der Waals surface area (Å²) in [5, 5.41) is 3.91. The maximum absolute atomic E-state index is 13.1. The average molecular weight is 379 g/mol. The summed E-state index contributed by atoms with van der Waals surface area (Å²) in [6, 6.07) is 16.1. The molecule has 2 aromatic carbocycles. The first-order chi connectivity index (χ1) is 13.6. The second-order valence-corrected chi connectivity index (χ2v) is 7.14. The average Bonchev–Trinajstić information content (AvgIpc) is 3.20. The van der Waals surface area contributed by atoms with Gasteiger partial charge in [-0.1, -0.05) is 35.0 Å². The number of benzene rings is 2. The quantitative estimate of drug-likeness (QED) is 0.693. The summed E-state index contributed by atoms with van der Waals surface area (Å²) < 4.78 is 18.3. The van der Waals surface area contributed by atoms with E-state index < -0.39 is 0 Å². The van der Waals surface area contributed by atoms with Crippen molar-refractivity contribution in [3.63, 3.8) is 0 Å². The molecule has 5 nitrogen and oxygen atoms in total. The van der Waals surface area contributed by atoms with Gasteiger partial charge in [-0.05, 0) is 36.8 Å². The summed E-state index contributed by atoms with van der Waals surface area (Å²) in [7, 11) is 0. The van der Waals surface area contributed by atoms with Gasteiger partial charge >= 0.3 is 0 Å². The van der Waals surface area contributed by atoms with Crippen LogP contribution in [0.5, 0.6) is 0 Å². The van der Waals surface area contributed by atoms with E-state index in [0.29, 0.717) is 24.4 Å². The van der Waals surface area contributed by atoms with Crippen molar-refractivity contribution < 1.29 is 13.7 Å². The van der Waals surface area contributed by atoms with Gasteiger partial charge in [-0.25, -0.2) is 4.39 Å². The molecular weight excluding hydrogens is 357 g/mol. The fraction of sp³-hybridized carbons (Fsp3) is 0.273. The monoisotopic (exact) mass is 379 g/mol. The lowest BCUT2D eigenvalue weighted by Gasteiger charge is -2.34. The summed E-state index contributed by atoms with van der Waals surface area (Å²) in [4.78, 5) is 16.9. The normalized spacial score (nSPS) is 15.0. The zero-order valence-corrected chi connectivity index (χ0v) is 15.8. The topological polar surface area (TPSA) is 49.6 Å². The molecule has 144 valence electrons. The lowest BCUT2D eigenvalue weighted by Crippen LogP contribution is -2.48. The van der Waals surface area contributed by atoms with Gasteiger partial charge in [0.2, 0.25) is 0 Å². The Morgan fingerprint density at radius 3 is 2.39 bits per heavy atom. The molecule has 0 spiro atoms. The van der Waals surface area contributed by atoms with Crippen molar-refractivity contribution in [2.45, 2.75) is 13.5 Å². The van der Waals surface area contributed by atoms with Crippen LogP contribution in [0.4, 0.5) is 4.39 Å². The Hall–Kier alpha value is -2.99. The Morgan fingerprint density at radius 1 is 1.04 bits per heavy atom. The number of nitrogens with zero attached hydrogens (tertiary/aromatic N) is 3. The minimum atomic E-state index is -0.317. The molecule has 1 aromatic heterocycles.